The molecule has 0 fully saturated rings. The predicted octanol–water partition coefficient (Wildman–Crippen LogP) is 7.38. The standard InChI is InChI=1S/C14H17BrN2O2.C14H15BrN2O.2CH4/c1-14(2,19)13-16-12(9-17(13)7-8-18)10-3-5-11(15)6-4-10;1-14(2)13-16-12(9-17(13)7-8-18-14)10-3-5-11(15)6-4-10;;/h3-6,9,18-19H,7-8H2,1-2H3;3-6,9H,7-8H2,1-2H3;2*1H4. The largest absolute Gasteiger partial charge is 0.395 e. The maximum Gasteiger partial charge on any atom is 0.141 e. The van der Waals surface area contributed by atoms with Crippen LogP contribution in [0.15, 0.2) is 69.9 Å². The Bertz CT molecular complexity index is 1340. The first-order chi connectivity index (χ1) is 17.5. The zero-order valence-electron chi connectivity index (χ0n) is 21.4. The molecule has 5 rings (SSSR count). The van der Waals surface area contributed by atoms with Crippen LogP contribution in [0, 0.1) is 0 Å². The Kier molecular flexibility index (Phi) is 11.3. The third-order valence-electron chi connectivity index (χ3n) is 6.05. The third-order valence-corrected chi connectivity index (χ3v) is 7.11. The van der Waals surface area contributed by atoms with Gasteiger partial charge in [0.25, 0.3) is 0 Å². The number of nitrogens with zero attached hydrogens (tertiary/aromatic N) is 4. The number of benzene rings is 2. The van der Waals surface area contributed by atoms with Crippen molar-refractivity contribution in [2.75, 3.05) is 13.2 Å². The van der Waals surface area contributed by atoms with Gasteiger partial charge in [0, 0.05) is 45.6 Å². The summed E-state index contributed by atoms with van der Waals surface area (Å²) >= 11 is 6.84. The number of imidazole rings is 2. The normalized spacial score (nSPS) is 13.8. The number of aromatic nitrogens is 4. The first-order valence-electron chi connectivity index (χ1n) is 12.1. The molecule has 39 heavy (non-hydrogen) atoms. The van der Waals surface area contributed by atoms with Gasteiger partial charge in [-0.25, -0.2) is 9.97 Å². The first kappa shape index (κ1) is 32.9. The molecule has 212 valence electrons. The van der Waals surface area contributed by atoms with Crippen LogP contribution in [-0.4, -0.2) is 42.5 Å². The molecule has 3 heterocycles. The van der Waals surface area contributed by atoms with Crippen molar-refractivity contribution in [2.24, 2.45) is 0 Å². The van der Waals surface area contributed by atoms with Crippen LogP contribution in [0.5, 0.6) is 0 Å². The van der Waals surface area contributed by atoms with Crippen LogP contribution < -0.4 is 0 Å². The summed E-state index contributed by atoms with van der Waals surface area (Å²) < 4.78 is 11.8. The Morgan fingerprint density at radius 3 is 1.87 bits per heavy atom. The molecule has 2 aromatic heterocycles. The Labute approximate surface area is 249 Å². The Hall–Kier alpha value is -2.30. The minimum absolute atomic E-state index is 0. The van der Waals surface area contributed by atoms with Crippen molar-refractivity contribution in [1.82, 2.24) is 19.1 Å². The van der Waals surface area contributed by atoms with E-state index in [1.54, 1.807) is 18.4 Å². The predicted molar refractivity (Wildman–Crippen MR) is 165 cm³/mol. The van der Waals surface area contributed by atoms with Crippen molar-refractivity contribution in [3.05, 3.63) is 81.5 Å². The van der Waals surface area contributed by atoms with E-state index in [-0.39, 0.29) is 27.1 Å². The fraction of sp³-hybridized carbons (Fsp3) is 0.400. The van der Waals surface area contributed by atoms with Gasteiger partial charge in [0.15, 0.2) is 0 Å². The second-order valence-corrected chi connectivity index (χ2v) is 11.8. The first-order valence-corrected chi connectivity index (χ1v) is 13.7. The van der Waals surface area contributed by atoms with Gasteiger partial charge >= 0.3 is 0 Å². The summed E-state index contributed by atoms with van der Waals surface area (Å²) in [6, 6.07) is 16.0. The van der Waals surface area contributed by atoms with Crippen LogP contribution in [0.4, 0.5) is 0 Å². The van der Waals surface area contributed by atoms with Gasteiger partial charge in [-0.3, -0.25) is 0 Å². The van der Waals surface area contributed by atoms with E-state index in [1.807, 2.05) is 42.6 Å². The van der Waals surface area contributed by atoms with Crippen molar-refractivity contribution in [1.29, 1.82) is 0 Å². The zero-order chi connectivity index (χ0) is 26.8. The van der Waals surface area contributed by atoms with Crippen molar-refractivity contribution < 1.29 is 14.9 Å². The van der Waals surface area contributed by atoms with Gasteiger partial charge in [0.05, 0.1) is 24.6 Å². The molecular formula is C30H40Br2N4O3. The number of halogens is 2. The molecular weight excluding hydrogens is 624 g/mol. The number of rotatable bonds is 5. The fourth-order valence-corrected chi connectivity index (χ4v) is 4.76. The zero-order valence-corrected chi connectivity index (χ0v) is 24.6. The molecule has 9 heteroatoms. The number of aliphatic hydroxyl groups excluding tert-OH is 1. The van der Waals surface area contributed by atoms with E-state index in [9.17, 15) is 5.11 Å². The highest BCUT2D eigenvalue weighted by Crippen LogP contribution is 2.31. The molecule has 0 aliphatic carbocycles. The molecule has 0 saturated heterocycles. The van der Waals surface area contributed by atoms with Gasteiger partial charge in [-0.1, -0.05) is 71.0 Å². The molecule has 0 radical (unpaired) electrons. The SMILES string of the molecule is C.C.CC(C)(O)c1nc(-c2ccc(Br)cc2)cn1CCO.CC1(C)OCCn2cc(-c3ccc(Br)cc3)nc21. The van der Waals surface area contributed by atoms with E-state index >= 15 is 0 Å². The van der Waals surface area contributed by atoms with Gasteiger partial charge in [-0.15, -0.1) is 0 Å². The van der Waals surface area contributed by atoms with Gasteiger partial charge in [0.2, 0.25) is 0 Å². The quantitative estimate of drug-likeness (QED) is 0.233. The Balaban J connectivity index is 0.000000260. The molecule has 2 N–H and O–H groups in total. The van der Waals surface area contributed by atoms with Crippen molar-refractivity contribution in [2.45, 2.75) is 66.8 Å². The summed E-state index contributed by atoms with van der Waals surface area (Å²) in [5.74, 6) is 1.56. The summed E-state index contributed by atoms with van der Waals surface area (Å²) in [6.45, 7) is 9.57. The molecule has 4 aromatic rings. The molecule has 0 amide bonds. The molecule has 1 aliphatic heterocycles. The average molecular weight is 664 g/mol. The lowest BCUT2D eigenvalue weighted by Crippen LogP contribution is -2.33. The Morgan fingerprint density at radius 1 is 0.897 bits per heavy atom. The molecule has 2 aromatic carbocycles. The van der Waals surface area contributed by atoms with E-state index < -0.39 is 5.60 Å². The van der Waals surface area contributed by atoms with Crippen LogP contribution in [0.25, 0.3) is 22.5 Å². The summed E-state index contributed by atoms with van der Waals surface area (Å²) in [5, 5.41) is 19.2. The third kappa shape index (κ3) is 7.89. The molecule has 1 aliphatic rings. The fourth-order valence-electron chi connectivity index (χ4n) is 4.23. The molecule has 0 spiro atoms. The smallest absolute Gasteiger partial charge is 0.141 e. The van der Waals surface area contributed by atoms with E-state index in [1.165, 1.54) is 0 Å². The monoisotopic (exact) mass is 662 g/mol. The maximum atomic E-state index is 10.1. The average Bonchev–Trinajstić information content (AvgIpc) is 3.46. The molecule has 0 bridgehead atoms. The molecule has 0 saturated carbocycles. The van der Waals surface area contributed by atoms with Gasteiger partial charge in [0.1, 0.15) is 22.9 Å². The number of hydrogen-bond donors (Lipinski definition) is 2. The minimum atomic E-state index is -1.04. The van der Waals surface area contributed by atoms with Gasteiger partial charge in [-0.2, -0.15) is 0 Å². The van der Waals surface area contributed by atoms with Gasteiger partial charge < -0.3 is 24.1 Å². The van der Waals surface area contributed by atoms with E-state index in [0.29, 0.717) is 12.4 Å². The summed E-state index contributed by atoms with van der Waals surface area (Å²) in [7, 11) is 0. The van der Waals surface area contributed by atoms with Gasteiger partial charge in [-0.05, 0) is 52.0 Å². The van der Waals surface area contributed by atoms with Crippen LogP contribution in [0.3, 0.4) is 0 Å². The highest BCUT2D eigenvalue weighted by Gasteiger charge is 2.31. The molecule has 0 atom stereocenters. The lowest BCUT2D eigenvalue weighted by atomic mass is 10.1. The van der Waals surface area contributed by atoms with Crippen molar-refractivity contribution in [3.63, 3.8) is 0 Å². The summed E-state index contributed by atoms with van der Waals surface area (Å²) in [6.07, 6.45) is 3.97. The minimum Gasteiger partial charge on any atom is -0.395 e. The summed E-state index contributed by atoms with van der Waals surface area (Å²) in [5.41, 5.74) is 2.57. The number of fused-ring (bicyclic) bond motifs is 1. The molecule has 0 unspecified atom stereocenters. The van der Waals surface area contributed by atoms with E-state index in [2.05, 4.69) is 73.6 Å². The lowest BCUT2D eigenvalue weighted by molar-refractivity contribution is -0.0538. The summed E-state index contributed by atoms with van der Waals surface area (Å²) in [4.78, 5) is 9.21. The van der Waals surface area contributed by atoms with Crippen molar-refractivity contribution >= 4 is 31.9 Å². The van der Waals surface area contributed by atoms with Crippen LogP contribution in [-0.2, 0) is 29.0 Å². The second kappa shape index (κ2) is 13.4. The number of aliphatic hydroxyl groups is 2. The van der Waals surface area contributed by atoms with E-state index in [0.717, 1.165) is 50.4 Å². The Morgan fingerprint density at radius 2 is 1.41 bits per heavy atom. The lowest BCUT2D eigenvalue weighted by Gasteiger charge is -2.30. The maximum absolute atomic E-state index is 10.1. The number of hydrogen-bond acceptors (Lipinski definition) is 5. The number of ether oxygens (including phenoxy) is 1. The highest BCUT2D eigenvalue weighted by molar-refractivity contribution is 9.10. The van der Waals surface area contributed by atoms with Crippen LogP contribution in [0.1, 0.15) is 54.2 Å². The molecule has 7 nitrogen and oxygen atoms in total. The van der Waals surface area contributed by atoms with Crippen molar-refractivity contribution in [3.8, 4) is 22.5 Å². The van der Waals surface area contributed by atoms with Crippen LogP contribution in [0.2, 0.25) is 0 Å². The van der Waals surface area contributed by atoms with Crippen LogP contribution >= 0.6 is 31.9 Å². The highest BCUT2D eigenvalue weighted by atomic mass is 79.9. The van der Waals surface area contributed by atoms with E-state index in [4.69, 9.17) is 14.8 Å². The second-order valence-electron chi connectivity index (χ2n) is 9.94. The topological polar surface area (TPSA) is 85.3 Å².